The Morgan fingerprint density at radius 1 is 0.821 bits per heavy atom. The van der Waals surface area contributed by atoms with Crippen molar-refractivity contribution in [1.82, 2.24) is 5.43 Å². The van der Waals surface area contributed by atoms with E-state index in [0.717, 1.165) is 5.56 Å². The van der Waals surface area contributed by atoms with Crippen LogP contribution in [0.15, 0.2) is 90.0 Å². The van der Waals surface area contributed by atoms with E-state index in [2.05, 4.69) is 15.8 Å². The van der Waals surface area contributed by atoms with Crippen LogP contribution in [-0.2, 0) is 16.2 Å². The van der Waals surface area contributed by atoms with Gasteiger partial charge in [-0.1, -0.05) is 60.7 Å². The molecule has 0 bridgehead atoms. The van der Waals surface area contributed by atoms with Gasteiger partial charge in [-0.05, 0) is 29.8 Å². The molecule has 6 heteroatoms. The predicted octanol–water partition coefficient (Wildman–Crippen LogP) is 3.35. The second-order valence-corrected chi connectivity index (χ2v) is 5.83. The highest BCUT2D eigenvalue weighted by atomic mass is 16.5. The minimum Gasteiger partial charge on any atom is -0.488 e. The Morgan fingerprint density at radius 3 is 2.21 bits per heavy atom. The fourth-order valence-electron chi connectivity index (χ4n) is 2.37. The molecule has 3 aromatic rings. The molecule has 28 heavy (non-hydrogen) atoms. The maximum Gasteiger partial charge on any atom is 0.329 e. The number of nitrogens with one attached hydrogen (secondary N) is 2. The maximum absolute atomic E-state index is 11.9. The molecular weight excluding hydrogens is 354 g/mol. The summed E-state index contributed by atoms with van der Waals surface area (Å²) in [6.45, 7) is 0.414. The normalized spacial score (nSPS) is 10.4. The standard InChI is InChI=1S/C22H19N3O3/c26-21(24-19-12-5-2-6-13-19)22(27)25-23-15-18-11-7-8-14-20(18)28-16-17-9-3-1-4-10-17/h1-15H,16H2,(H,24,26)(H,25,27). The molecule has 0 heterocycles. The van der Waals surface area contributed by atoms with E-state index < -0.39 is 11.8 Å². The zero-order valence-electron chi connectivity index (χ0n) is 15.0. The van der Waals surface area contributed by atoms with Crippen LogP contribution in [0.1, 0.15) is 11.1 Å². The van der Waals surface area contributed by atoms with Crippen molar-refractivity contribution in [3.63, 3.8) is 0 Å². The maximum atomic E-state index is 11.9. The number of hydrogen-bond donors (Lipinski definition) is 2. The summed E-state index contributed by atoms with van der Waals surface area (Å²) in [6, 6.07) is 25.8. The summed E-state index contributed by atoms with van der Waals surface area (Å²) in [7, 11) is 0. The molecule has 3 aromatic carbocycles. The second-order valence-electron chi connectivity index (χ2n) is 5.83. The molecular formula is C22H19N3O3. The third kappa shape index (κ3) is 5.54. The van der Waals surface area contributed by atoms with Gasteiger partial charge in [-0.15, -0.1) is 0 Å². The van der Waals surface area contributed by atoms with E-state index in [1.54, 1.807) is 30.3 Å². The lowest BCUT2D eigenvalue weighted by atomic mass is 10.2. The van der Waals surface area contributed by atoms with Gasteiger partial charge in [0.1, 0.15) is 12.4 Å². The van der Waals surface area contributed by atoms with Crippen LogP contribution < -0.4 is 15.5 Å². The summed E-state index contributed by atoms with van der Waals surface area (Å²) >= 11 is 0. The average molecular weight is 373 g/mol. The lowest BCUT2D eigenvalue weighted by Crippen LogP contribution is -2.32. The lowest BCUT2D eigenvalue weighted by molar-refractivity contribution is -0.136. The Balaban J connectivity index is 1.56. The molecule has 0 atom stereocenters. The molecule has 2 N–H and O–H groups in total. The summed E-state index contributed by atoms with van der Waals surface area (Å²) < 4.78 is 5.82. The first-order chi connectivity index (χ1) is 13.7. The van der Waals surface area contributed by atoms with Crippen molar-refractivity contribution >= 4 is 23.7 Å². The van der Waals surface area contributed by atoms with Gasteiger partial charge in [0.2, 0.25) is 0 Å². The van der Waals surface area contributed by atoms with Gasteiger partial charge in [-0.2, -0.15) is 5.10 Å². The van der Waals surface area contributed by atoms with Crippen LogP contribution in [0.2, 0.25) is 0 Å². The third-order valence-electron chi connectivity index (χ3n) is 3.76. The lowest BCUT2D eigenvalue weighted by Gasteiger charge is -2.09. The third-order valence-corrected chi connectivity index (χ3v) is 3.76. The minimum atomic E-state index is -0.859. The summed E-state index contributed by atoms with van der Waals surface area (Å²) in [5.41, 5.74) is 4.47. The topological polar surface area (TPSA) is 79.8 Å². The van der Waals surface area contributed by atoms with Crippen molar-refractivity contribution in [2.45, 2.75) is 6.61 Å². The van der Waals surface area contributed by atoms with Crippen molar-refractivity contribution in [2.75, 3.05) is 5.32 Å². The monoisotopic (exact) mass is 373 g/mol. The molecule has 0 saturated heterocycles. The van der Waals surface area contributed by atoms with Crippen molar-refractivity contribution in [3.05, 3.63) is 96.1 Å². The highest BCUT2D eigenvalue weighted by molar-refractivity contribution is 6.39. The molecule has 0 radical (unpaired) electrons. The number of benzene rings is 3. The van der Waals surface area contributed by atoms with Crippen LogP contribution in [0.3, 0.4) is 0 Å². The zero-order valence-corrected chi connectivity index (χ0v) is 15.0. The summed E-state index contributed by atoms with van der Waals surface area (Å²) in [5, 5.41) is 6.35. The molecule has 3 rings (SSSR count). The van der Waals surface area contributed by atoms with Gasteiger partial charge in [0.05, 0.1) is 6.21 Å². The van der Waals surface area contributed by atoms with Gasteiger partial charge in [0, 0.05) is 11.3 Å². The zero-order chi connectivity index (χ0) is 19.6. The van der Waals surface area contributed by atoms with Crippen molar-refractivity contribution < 1.29 is 14.3 Å². The smallest absolute Gasteiger partial charge is 0.329 e. The Morgan fingerprint density at radius 2 is 1.46 bits per heavy atom. The molecule has 0 spiro atoms. The Kier molecular flexibility index (Phi) is 6.52. The molecule has 0 unspecified atom stereocenters. The summed E-state index contributed by atoms with van der Waals surface area (Å²) in [4.78, 5) is 23.7. The SMILES string of the molecule is O=C(NN=Cc1ccccc1OCc1ccccc1)C(=O)Nc1ccccc1. The van der Waals surface area contributed by atoms with Gasteiger partial charge in [-0.25, -0.2) is 5.43 Å². The van der Waals surface area contributed by atoms with E-state index in [0.29, 0.717) is 23.6 Å². The number of hydrazone groups is 1. The van der Waals surface area contributed by atoms with E-state index >= 15 is 0 Å². The van der Waals surface area contributed by atoms with Crippen molar-refractivity contribution in [2.24, 2.45) is 5.10 Å². The number of amides is 2. The first kappa shape index (κ1) is 18.8. The highest BCUT2D eigenvalue weighted by Crippen LogP contribution is 2.17. The Labute approximate surface area is 162 Å². The average Bonchev–Trinajstić information content (AvgIpc) is 2.74. The second kappa shape index (κ2) is 9.68. The number of anilines is 1. The van der Waals surface area contributed by atoms with E-state index in [-0.39, 0.29) is 0 Å². The number of ether oxygens (including phenoxy) is 1. The molecule has 6 nitrogen and oxygen atoms in total. The fourth-order valence-corrected chi connectivity index (χ4v) is 2.37. The van der Waals surface area contributed by atoms with Crippen LogP contribution in [0.4, 0.5) is 5.69 Å². The molecule has 2 amide bonds. The summed E-state index contributed by atoms with van der Waals surface area (Å²) in [6.07, 6.45) is 1.44. The number of hydrogen-bond acceptors (Lipinski definition) is 4. The fraction of sp³-hybridized carbons (Fsp3) is 0.0455. The largest absolute Gasteiger partial charge is 0.488 e. The molecule has 0 aliphatic rings. The molecule has 0 aliphatic heterocycles. The van der Waals surface area contributed by atoms with Gasteiger partial charge < -0.3 is 10.1 Å². The Hall–Kier alpha value is -3.93. The van der Waals surface area contributed by atoms with Gasteiger partial charge in [0.25, 0.3) is 0 Å². The Bertz CT molecular complexity index is 957. The van der Waals surface area contributed by atoms with Crippen LogP contribution in [0.25, 0.3) is 0 Å². The highest BCUT2D eigenvalue weighted by Gasteiger charge is 2.12. The number of rotatable bonds is 6. The van der Waals surface area contributed by atoms with Crippen LogP contribution in [0, 0.1) is 0 Å². The number of carbonyl (C=O) groups excluding carboxylic acids is 2. The minimum absolute atomic E-state index is 0.414. The molecule has 0 aliphatic carbocycles. The van der Waals surface area contributed by atoms with E-state index in [9.17, 15) is 9.59 Å². The number of para-hydroxylation sites is 2. The van der Waals surface area contributed by atoms with Crippen LogP contribution in [0.5, 0.6) is 5.75 Å². The number of nitrogens with zero attached hydrogens (tertiary/aromatic N) is 1. The van der Waals surface area contributed by atoms with Crippen LogP contribution in [-0.4, -0.2) is 18.0 Å². The summed E-state index contributed by atoms with van der Waals surface area (Å²) in [5.74, 6) is -1.03. The molecule has 0 aromatic heterocycles. The first-order valence-corrected chi connectivity index (χ1v) is 8.67. The van der Waals surface area contributed by atoms with E-state index in [4.69, 9.17) is 4.74 Å². The van der Waals surface area contributed by atoms with Gasteiger partial charge in [0.15, 0.2) is 0 Å². The van der Waals surface area contributed by atoms with Crippen LogP contribution >= 0.6 is 0 Å². The van der Waals surface area contributed by atoms with E-state index in [1.165, 1.54) is 6.21 Å². The first-order valence-electron chi connectivity index (χ1n) is 8.67. The van der Waals surface area contributed by atoms with Crippen molar-refractivity contribution in [1.29, 1.82) is 0 Å². The molecule has 0 fully saturated rings. The quantitative estimate of drug-likeness (QED) is 0.395. The number of carbonyl (C=O) groups is 2. The molecule has 0 saturated carbocycles. The predicted molar refractivity (Wildman–Crippen MR) is 108 cm³/mol. The van der Waals surface area contributed by atoms with Gasteiger partial charge >= 0.3 is 11.8 Å². The van der Waals surface area contributed by atoms with Gasteiger partial charge in [-0.3, -0.25) is 9.59 Å². The van der Waals surface area contributed by atoms with Crippen molar-refractivity contribution in [3.8, 4) is 5.75 Å². The molecule has 140 valence electrons. The van der Waals surface area contributed by atoms with E-state index in [1.807, 2.05) is 54.6 Å².